The molecule has 0 radical (unpaired) electrons. The molecule has 81 heavy (non-hydrogen) atoms. The van der Waals surface area contributed by atoms with Gasteiger partial charge in [-0.2, -0.15) is 0 Å². The first kappa shape index (κ1) is 48.7. The number of benzene rings is 11. The van der Waals surface area contributed by atoms with Gasteiger partial charge in [0.25, 0.3) is 0 Å². The predicted molar refractivity (Wildman–Crippen MR) is 352 cm³/mol. The summed E-state index contributed by atoms with van der Waals surface area (Å²) in [6.45, 7) is 14.3. The maximum Gasteiger partial charge on any atom is 0.245 e. The molecule has 0 saturated heterocycles. The number of hydrogen-bond acceptors (Lipinski definition) is 3. The van der Waals surface area contributed by atoms with Crippen LogP contribution in [0, 0.1) is 0 Å². The lowest BCUT2D eigenvalue weighted by molar-refractivity contribution is 0.812. The van der Waals surface area contributed by atoms with E-state index in [1.165, 1.54) is 141 Å². The molecule has 0 bridgehead atoms. The summed E-state index contributed by atoms with van der Waals surface area (Å²) < 4.78 is 0. The lowest BCUT2D eigenvalue weighted by Gasteiger charge is -2.45. The van der Waals surface area contributed by atoms with Gasteiger partial charge in [-0.1, -0.05) is 276 Å². The fourth-order valence-corrected chi connectivity index (χ4v) is 28.1. The number of rotatable bonds is 6. The van der Waals surface area contributed by atoms with Gasteiger partial charge in [0.1, 0.15) is 0 Å². The van der Waals surface area contributed by atoms with E-state index in [-0.39, 0.29) is 6.71 Å². The first-order valence-corrected chi connectivity index (χ1v) is 34.0. The SMILES string of the molecule is CC(C)c1cc(C(C)C)c(B2c3cccc(N4c5ccccc5[Si]5(c6ccccc6-c6ccccc65)c5ccccc54)c3Sc3c2cccc3N2c3ccccc3[Si]3(c4ccccc4-c4ccccc43)c3ccccc32)c(C(C)C)c1. The van der Waals surface area contributed by atoms with Crippen molar-refractivity contribution < 1.29 is 0 Å². The Morgan fingerprint density at radius 3 is 0.901 bits per heavy atom. The van der Waals surface area contributed by atoms with E-state index in [0.717, 1.165) is 0 Å². The van der Waals surface area contributed by atoms with Crippen LogP contribution in [0.4, 0.5) is 34.1 Å². The van der Waals surface area contributed by atoms with Crippen LogP contribution in [0.25, 0.3) is 22.3 Å². The smallest absolute Gasteiger partial charge is 0.245 e. The zero-order chi connectivity index (χ0) is 54.5. The first-order chi connectivity index (χ1) is 39.7. The van der Waals surface area contributed by atoms with Gasteiger partial charge in [0.2, 0.25) is 6.71 Å². The van der Waals surface area contributed by atoms with E-state index in [1.807, 2.05) is 11.8 Å². The summed E-state index contributed by atoms with van der Waals surface area (Å²) in [4.78, 5) is 7.98. The van der Waals surface area contributed by atoms with Crippen molar-refractivity contribution in [1.82, 2.24) is 0 Å². The van der Waals surface area contributed by atoms with Gasteiger partial charge in [0.15, 0.2) is 16.1 Å². The summed E-state index contributed by atoms with van der Waals surface area (Å²) >= 11 is 2.00. The Kier molecular flexibility index (Phi) is 10.9. The van der Waals surface area contributed by atoms with E-state index >= 15 is 0 Å². The van der Waals surface area contributed by atoms with E-state index < -0.39 is 16.1 Å². The van der Waals surface area contributed by atoms with Crippen molar-refractivity contribution in [1.29, 1.82) is 0 Å². The van der Waals surface area contributed by atoms with Crippen molar-refractivity contribution in [3.05, 3.63) is 259 Å². The van der Waals surface area contributed by atoms with Crippen LogP contribution in [-0.2, 0) is 0 Å². The largest absolute Gasteiger partial charge is 0.310 e. The number of anilines is 6. The molecule has 11 aromatic carbocycles. The van der Waals surface area contributed by atoms with Gasteiger partial charge < -0.3 is 9.80 Å². The molecular weight excluding hydrogens is 1030 g/mol. The highest BCUT2D eigenvalue weighted by Gasteiger charge is 2.56. The van der Waals surface area contributed by atoms with Gasteiger partial charge in [-0.25, -0.2) is 0 Å². The Morgan fingerprint density at radius 1 is 0.309 bits per heavy atom. The summed E-state index contributed by atoms with van der Waals surface area (Å²) in [6, 6.07) is 94.8. The van der Waals surface area contributed by atoms with Crippen LogP contribution >= 0.6 is 11.8 Å². The van der Waals surface area contributed by atoms with Crippen LogP contribution in [0.3, 0.4) is 0 Å². The average molecular weight is 1090 g/mol. The molecule has 0 aliphatic carbocycles. The number of hydrogen-bond donors (Lipinski definition) is 0. The third-order valence-corrected chi connectivity index (χ3v) is 30.1. The van der Waals surface area contributed by atoms with Gasteiger partial charge in [-0.15, -0.1) is 0 Å². The molecule has 0 amide bonds. The Labute approximate surface area is 483 Å². The van der Waals surface area contributed by atoms with Crippen molar-refractivity contribution in [2.24, 2.45) is 0 Å². The molecule has 5 heterocycles. The Hall–Kier alpha value is -8.13. The molecule has 11 aromatic rings. The second kappa shape index (κ2) is 18.2. The second-order valence-corrected chi connectivity index (χ2v) is 32.3. The summed E-state index contributed by atoms with van der Waals surface area (Å²) in [7, 11) is -5.60. The Bertz CT molecular complexity index is 3980. The Morgan fingerprint density at radius 2 is 0.593 bits per heavy atom. The summed E-state index contributed by atoms with van der Waals surface area (Å²) in [5, 5.41) is 11.7. The maximum absolute atomic E-state index is 2.80. The van der Waals surface area contributed by atoms with E-state index in [1.54, 1.807) is 0 Å². The van der Waals surface area contributed by atoms with Crippen LogP contribution in [0.2, 0.25) is 0 Å². The predicted octanol–water partition coefficient (Wildman–Crippen LogP) is 12.3. The Balaban J connectivity index is 0.980. The van der Waals surface area contributed by atoms with Gasteiger partial charge in [-0.05, 0) is 135 Å². The molecule has 0 aromatic heterocycles. The molecule has 2 nitrogen and oxygen atoms in total. The third-order valence-electron chi connectivity index (χ3n) is 18.9. The fourth-order valence-electron chi connectivity index (χ4n) is 15.7. The van der Waals surface area contributed by atoms with Crippen LogP contribution < -0.4 is 67.7 Å². The summed E-state index contributed by atoms with van der Waals surface area (Å²) in [6.07, 6.45) is 0. The van der Waals surface area contributed by atoms with Crippen molar-refractivity contribution >= 4 is 127 Å². The highest BCUT2D eigenvalue weighted by molar-refractivity contribution is 8.00. The molecule has 5 aliphatic rings. The molecular formula is C75H61BN2SSi2. The van der Waals surface area contributed by atoms with E-state index in [4.69, 9.17) is 0 Å². The summed E-state index contributed by atoms with van der Waals surface area (Å²) in [5.41, 5.74) is 21.6. The minimum atomic E-state index is -2.80. The van der Waals surface area contributed by atoms with Crippen molar-refractivity contribution in [3.8, 4) is 22.3 Å². The molecule has 2 spiro atoms. The van der Waals surface area contributed by atoms with Gasteiger partial charge in [0, 0.05) is 32.5 Å². The van der Waals surface area contributed by atoms with Gasteiger partial charge >= 0.3 is 0 Å². The summed E-state index contributed by atoms with van der Waals surface area (Å²) in [5.74, 6) is 1.02. The lowest BCUT2D eigenvalue weighted by Crippen LogP contribution is -2.75. The van der Waals surface area contributed by atoms with E-state index in [0.29, 0.717) is 17.8 Å². The molecule has 388 valence electrons. The standard InChI is InChI=1S/C75H61BN2SSi2/c1-47(2)50-45-55(48(3)4)73(56(46-50)49(5)6)76-57-29-23-35-63(77-59-31-11-19-41-69(59)80(70-42-20-12-32-60(70)77)65-37-15-7-25-51(65)52-26-8-16-38-66(52)80)74(57)79-75-58(76)30-24-36-64(75)78-61-33-13-21-43-71(61)81(72-44-22-14-34-62(72)78)67-39-17-9-27-53(67)54-28-10-18-40-68(54)81/h7-49H,1-6H3. The highest BCUT2D eigenvalue weighted by atomic mass is 32.2. The normalized spacial score (nSPS) is 15.0. The number of nitrogens with zero attached hydrogens (tertiary/aromatic N) is 2. The molecule has 0 unspecified atom stereocenters. The monoisotopic (exact) mass is 1090 g/mol. The topological polar surface area (TPSA) is 6.48 Å². The second-order valence-electron chi connectivity index (χ2n) is 23.9. The number of fused-ring (bicyclic) bond motifs is 20. The molecule has 0 N–H and O–H groups in total. The maximum atomic E-state index is 2.67. The van der Waals surface area contributed by atoms with Gasteiger partial charge in [0.05, 0.1) is 11.4 Å². The van der Waals surface area contributed by atoms with Crippen molar-refractivity contribution in [2.45, 2.75) is 69.1 Å². The molecule has 6 heteroatoms. The van der Waals surface area contributed by atoms with Crippen molar-refractivity contribution in [3.63, 3.8) is 0 Å². The van der Waals surface area contributed by atoms with E-state index in [9.17, 15) is 0 Å². The lowest BCUT2D eigenvalue weighted by atomic mass is 9.34. The third kappa shape index (κ3) is 6.53. The average Bonchev–Trinajstić information content (AvgIpc) is 2.89. The molecule has 0 saturated carbocycles. The fraction of sp³-hybridized carbons (Fsp3) is 0.120. The molecule has 0 fully saturated rings. The van der Waals surface area contributed by atoms with Gasteiger partial charge in [-0.3, -0.25) is 0 Å². The minimum Gasteiger partial charge on any atom is -0.310 e. The molecule has 5 aliphatic heterocycles. The van der Waals surface area contributed by atoms with Crippen molar-refractivity contribution in [2.75, 3.05) is 9.80 Å². The zero-order valence-electron chi connectivity index (χ0n) is 46.7. The molecule has 16 rings (SSSR count). The van der Waals surface area contributed by atoms with E-state index in [2.05, 4.69) is 294 Å². The quantitative estimate of drug-likeness (QED) is 0.153. The minimum absolute atomic E-state index is 0.0404. The van der Waals surface area contributed by atoms with Crippen LogP contribution in [0.15, 0.2) is 252 Å². The zero-order valence-corrected chi connectivity index (χ0v) is 49.5. The number of para-hydroxylation sites is 4. The van der Waals surface area contributed by atoms with Crippen LogP contribution in [0.5, 0.6) is 0 Å². The highest BCUT2D eigenvalue weighted by Crippen LogP contribution is 2.51. The van der Waals surface area contributed by atoms with Crippen LogP contribution in [-0.4, -0.2) is 22.9 Å². The molecule has 0 atom stereocenters. The van der Waals surface area contributed by atoms with Crippen LogP contribution in [0.1, 0.15) is 76.0 Å². The first-order valence-electron chi connectivity index (χ1n) is 29.2.